The van der Waals surface area contributed by atoms with Crippen LogP contribution < -0.4 is 5.32 Å². The van der Waals surface area contributed by atoms with Crippen molar-refractivity contribution >= 4 is 38.4 Å². The highest BCUT2D eigenvalue weighted by Crippen LogP contribution is 1.90. The van der Waals surface area contributed by atoms with Crippen molar-refractivity contribution in [2.45, 2.75) is 12.8 Å². The van der Waals surface area contributed by atoms with Gasteiger partial charge in [-0.2, -0.15) is 0 Å². The molecule has 6 heteroatoms. The SMILES string of the molecule is O=C(O)CCC(=O)NC(=O)I. The predicted molar refractivity (Wildman–Crippen MR) is 44.4 cm³/mol. The molecule has 0 aromatic carbocycles. The number of imide groups is 1. The average Bonchev–Trinajstić information content (AvgIpc) is 1.82. The fourth-order valence-electron chi connectivity index (χ4n) is 0.393. The summed E-state index contributed by atoms with van der Waals surface area (Å²) in [5.74, 6) is -1.62. The molecule has 0 radical (unpaired) electrons. The Kier molecular flexibility index (Phi) is 4.75. The van der Waals surface area contributed by atoms with Crippen molar-refractivity contribution in [2.75, 3.05) is 0 Å². The topological polar surface area (TPSA) is 83.5 Å². The van der Waals surface area contributed by atoms with Gasteiger partial charge in [0.25, 0.3) is 3.91 Å². The van der Waals surface area contributed by atoms with Crippen molar-refractivity contribution in [3.63, 3.8) is 0 Å². The van der Waals surface area contributed by atoms with Crippen molar-refractivity contribution in [3.8, 4) is 0 Å². The largest absolute Gasteiger partial charge is 0.481 e. The minimum atomic E-state index is -1.05. The van der Waals surface area contributed by atoms with Gasteiger partial charge >= 0.3 is 5.97 Å². The summed E-state index contributed by atoms with van der Waals surface area (Å²) in [5, 5.41) is 10.1. The fourth-order valence-corrected chi connectivity index (χ4v) is 0.693. The van der Waals surface area contributed by atoms with E-state index < -0.39 is 15.8 Å². The lowest BCUT2D eigenvalue weighted by atomic mass is 10.3. The van der Waals surface area contributed by atoms with Crippen LogP contribution in [0.5, 0.6) is 0 Å². The Bertz CT molecular complexity index is 191. The highest BCUT2D eigenvalue weighted by atomic mass is 127. The van der Waals surface area contributed by atoms with Gasteiger partial charge in [0.2, 0.25) is 5.91 Å². The predicted octanol–water partition coefficient (Wildman–Crippen LogP) is 0.522. The first-order chi connectivity index (χ1) is 5.02. The van der Waals surface area contributed by atoms with E-state index in [-0.39, 0.29) is 12.8 Å². The van der Waals surface area contributed by atoms with Crippen molar-refractivity contribution in [2.24, 2.45) is 0 Å². The molecule has 0 fully saturated rings. The molecule has 0 aliphatic heterocycles. The summed E-state index contributed by atoms with van der Waals surface area (Å²) >= 11 is 1.40. The van der Waals surface area contributed by atoms with E-state index in [0.29, 0.717) is 0 Å². The summed E-state index contributed by atoms with van der Waals surface area (Å²) in [6.07, 6.45) is -0.417. The van der Waals surface area contributed by atoms with E-state index in [2.05, 4.69) is 0 Å². The zero-order valence-corrected chi connectivity index (χ0v) is 7.62. The maximum atomic E-state index is 10.6. The first-order valence-electron chi connectivity index (χ1n) is 2.73. The second-order valence-corrected chi connectivity index (χ2v) is 2.70. The summed E-state index contributed by atoms with van der Waals surface area (Å²) in [7, 11) is 0. The molecule has 0 saturated heterocycles. The molecule has 0 aliphatic carbocycles. The molecule has 0 aromatic heterocycles. The van der Waals surface area contributed by atoms with Gasteiger partial charge in [-0.1, -0.05) is 0 Å². The summed E-state index contributed by atoms with van der Waals surface area (Å²) < 4.78 is -0.502. The minimum absolute atomic E-state index is 0.163. The summed E-state index contributed by atoms with van der Waals surface area (Å²) in [4.78, 5) is 30.7. The molecule has 11 heavy (non-hydrogen) atoms. The third-order valence-electron chi connectivity index (χ3n) is 0.804. The van der Waals surface area contributed by atoms with Gasteiger partial charge in [0.15, 0.2) is 0 Å². The van der Waals surface area contributed by atoms with E-state index in [0.717, 1.165) is 0 Å². The van der Waals surface area contributed by atoms with Gasteiger partial charge in [-0.3, -0.25) is 19.7 Å². The fraction of sp³-hybridized carbons (Fsp3) is 0.400. The number of aliphatic carboxylic acids is 1. The molecule has 0 rings (SSSR count). The third kappa shape index (κ3) is 7.23. The molecular weight excluding hydrogens is 265 g/mol. The number of carbonyl (C=O) groups excluding carboxylic acids is 2. The molecule has 0 aliphatic rings. The number of hydrogen-bond donors (Lipinski definition) is 2. The molecule has 2 N–H and O–H groups in total. The van der Waals surface area contributed by atoms with E-state index >= 15 is 0 Å². The van der Waals surface area contributed by atoms with Crippen LogP contribution >= 0.6 is 22.6 Å². The normalized spacial score (nSPS) is 8.82. The lowest BCUT2D eigenvalue weighted by Gasteiger charge is -1.95. The molecule has 0 atom stereocenters. The van der Waals surface area contributed by atoms with Crippen LogP contribution in [0, 0.1) is 0 Å². The smallest absolute Gasteiger partial charge is 0.303 e. The Morgan fingerprint density at radius 3 is 2.18 bits per heavy atom. The van der Waals surface area contributed by atoms with Crippen molar-refractivity contribution in [1.29, 1.82) is 0 Å². The van der Waals surface area contributed by atoms with Crippen LogP contribution in [0.25, 0.3) is 0 Å². The van der Waals surface area contributed by atoms with E-state index in [1.807, 2.05) is 5.32 Å². The number of rotatable bonds is 3. The van der Waals surface area contributed by atoms with E-state index in [4.69, 9.17) is 5.11 Å². The molecule has 2 amide bonds. The number of nitrogens with one attached hydrogen (secondary N) is 1. The van der Waals surface area contributed by atoms with Crippen LogP contribution in [-0.4, -0.2) is 20.9 Å². The van der Waals surface area contributed by atoms with Crippen molar-refractivity contribution in [1.82, 2.24) is 5.32 Å². The zero-order chi connectivity index (χ0) is 8.85. The number of hydrogen-bond acceptors (Lipinski definition) is 3. The van der Waals surface area contributed by atoms with Gasteiger partial charge in [0.05, 0.1) is 6.42 Å². The maximum absolute atomic E-state index is 10.6. The quantitative estimate of drug-likeness (QED) is 0.445. The summed E-state index contributed by atoms with van der Waals surface area (Å²) in [6, 6.07) is 0. The number of amides is 2. The minimum Gasteiger partial charge on any atom is -0.481 e. The van der Waals surface area contributed by atoms with Crippen LogP contribution in [-0.2, 0) is 9.59 Å². The molecular formula is C5H6INO4. The van der Waals surface area contributed by atoms with Gasteiger partial charge < -0.3 is 5.11 Å². The van der Waals surface area contributed by atoms with E-state index in [9.17, 15) is 14.4 Å². The Hall–Kier alpha value is -0.660. The zero-order valence-electron chi connectivity index (χ0n) is 5.46. The van der Waals surface area contributed by atoms with Crippen LogP contribution in [0.15, 0.2) is 0 Å². The number of carboxylic acids is 1. The van der Waals surface area contributed by atoms with Crippen LogP contribution in [0.1, 0.15) is 12.8 Å². The van der Waals surface area contributed by atoms with Crippen LogP contribution in [0.4, 0.5) is 4.79 Å². The number of halogens is 1. The Labute approximate surface area is 76.3 Å². The molecule has 0 saturated carbocycles. The van der Waals surface area contributed by atoms with Crippen LogP contribution in [0.2, 0.25) is 0 Å². The van der Waals surface area contributed by atoms with E-state index in [1.165, 1.54) is 22.6 Å². The first kappa shape index (κ1) is 10.3. The highest BCUT2D eigenvalue weighted by molar-refractivity contribution is 14.1. The Balaban J connectivity index is 3.53. The average molecular weight is 271 g/mol. The molecule has 5 nitrogen and oxygen atoms in total. The second-order valence-electron chi connectivity index (χ2n) is 1.72. The molecule has 0 spiro atoms. The van der Waals surface area contributed by atoms with Gasteiger partial charge in [0.1, 0.15) is 0 Å². The Morgan fingerprint density at radius 2 is 1.82 bits per heavy atom. The molecule has 0 heterocycles. The van der Waals surface area contributed by atoms with Crippen molar-refractivity contribution in [3.05, 3.63) is 0 Å². The summed E-state index contributed by atoms with van der Waals surface area (Å²) in [5.41, 5.74) is 0. The number of carbonyl (C=O) groups is 3. The van der Waals surface area contributed by atoms with Gasteiger partial charge in [-0.15, -0.1) is 0 Å². The van der Waals surface area contributed by atoms with Gasteiger partial charge in [0, 0.05) is 29.0 Å². The summed E-state index contributed by atoms with van der Waals surface area (Å²) in [6.45, 7) is 0. The monoisotopic (exact) mass is 271 g/mol. The molecule has 0 bridgehead atoms. The van der Waals surface area contributed by atoms with E-state index in [1.54, 1.807) is 0 Å². The third-order valence-corrected chi connectivity index (χ3v) is 1.07. The molecule has 0 unspecified atom stereocenters. The van der Waals surface area contributed by atoms with Gasteiger partial charge in [-0.25, -0.2) is 0 Å². The molecule has 0 aromatic rings. The van der Waals surface area contributed by atoms with Gasteiger partial charge in [-0.05, 0) is 0 Å². The maximum Gasteiger partial charge on any atom is 0.303 e. The highest BCUT2D eigenvalue weighted by Gasteiger charge is 2.06. The number of carboxylic acid groups (broad SMARTS) is 1. The molecule has 62 valence electrons. The Morgan fingerprint density at radius 1 is 1.27 bits per heavy atom. The lowest BCUT2D eigenvalue weighted by Crippen LogP contribution is -2.25. The van der Waals surface area contributed by atoms with Crippen molar-refractivity contribution < 1.29 is 19.5 Å². The lowest BCUT2D eigenvalue weighted by molar-refractivity contribution is -0.138. The van der Waals surface area contributed by atoms with Crippen LogP contribution in [0.3, 0.4) is 0 Å². The second kappa shape index (κ2) is 5.05. The first-order valence-corrected chi connectivity index (χ1v) is 3.81. The standard InChI is InChI=1S/C5H6INO4/c6-5(11)7-3(8)1-2-4(9)10/h1-2H2,(H,9,10)(H,7,8,11).